The number of hydrogen-bond acceptors (Lipinski definition) is 2. The van der Waals surface area contributed by atoms with Gasteiger partial charge in [0.25, 0.3) is 0 Å². The van der Waals surface area contributed by atoms with Gasteiger partial charge >= 0.3 is 0 Å². The third kappa shape index (κ3) is 2.51. The van der Waals surface area contributed by atoms with Crippen LogP contribution in [0, 0.1) is 5.92 Å². The van der Waals surface area contributed by atoms with Crippen LogP contribution in [0.4, 0.5) is 0 Å². The summed E-state index contributed by atoms with van der Waals surface area (Å²) in [5, 5.41) is 0. The minimum absolute atomic E-state index is 0.516. The van der Waals surface area contributed by atoms with Crippen molar-refractivity contribution in [3.05, 3.63) is 0 Å². The lowest BCUT2D eigenvalue weighted by Gasteiger charge is -2.06. The number of thioether (sulfide) groups is 1. The van der Waals surface area contributed by atoms with Gasteiger partial charge in [-0.25, -0.2) is 0 Å². The lowest BCUT2D eigenvalue weighted by Crippen LogP contribution is -2.15. The summed E-state index contributed by atoms with van der Waals surface area (Å²) in [6.45, 7) is 2.22. The van der Waals surface area contributed by atoms with Gasteiger partial charge in [-0.15, -0.1) is 0 Å². The molecule has 1 rings (SSSR count). The van der Waals surface area contributed by atoms with Gasteiger partial charge in [-0.1, -0.05) is 6.92 Å². The molecule has 1 saturated carbocycles. The van der Waals surface area contributed by atoms with Crippen molar-refractivity contribution < 1.29 is 0 Å². The lowest BCUT2D eigenvalue weighted by atomic mass is 10.1. The summed E-state index contributed by atoms with van der Waals surface area (Å²) in [5.74, 6) is 3.52. The first-order valence-electron chi connectivity index (χ1n) is 4.16. The summed E-state index contributed by atoms with van der Waals surface area (Å²) < 4.78 is 0. The van der Waals surface area contributed by atoms with Gasteiger partial charge in [0.05, 0.1) is 0 Å². The molecule has 1 nitrogen and oxygen atoms in total. The Morgan fingerprint density at radius 2 is 2.30 bits per heavy atom. The number of rotatable bonds is 3. The summed E-state index contributed by atoms with van der Waals surface area (Å²) in [7, 11) is 0. The second kappa shape index (κ2) is 4.24. The third-order valence-corrected chi connectivity index (χ3v) is 3.25. The minimum atomic E-state index is 0.516. The quantitative estimate of drug-likeness (QED) is 0.680. The molecule has 2 N–H and O–H groups in total. The molecule has 0 aliphatic heterocycles. The fraction of sp³-hybridized carbons (Fsp3) is 1.00. The Bertz CT molecular complexity index is 95.3. The van der Waals surface area contributed by atoms with E-state index in [9.17, 15) is 0 Å². The zero-order valence-corrected chi connectivity index (χ0v) is 7.49. The molecule has 2 atom stereocenters. The van der Waals surface area contributed by atoms with E-state index in [2.05, 4.69) is 18.7 Å². The molecule has 0 aromatic rings. The molecule has 1 aliphatic rings. The van der Waals surface area contributed by atoms with Crippen LogP contribution in [0.25, 0.3) is 0 Å². The summed E-state index contributed by atoms with van der Waals surface area (Å²) in [5.41, 5.74) is 5.79. The predicted molar refractivity (Wildman–Crippen MR) is 48.3 cm³/mol. The molecule has 0 bridgehead atoms. The molecular formula is C8H17NS. The molecule has 1 aliphatic carbocycles. The Morgan fingerprint density at radius 1 is 1.50 bits per heavy atom. The second-order valence-electron chi connectivity index (χ2n) is 3.10. The van der Waals surface area contributed by atoms with Gasteiger partial charge in [0.1, 0.15) is 0 Å². The Kier molecular flexibility index (Phi) is 3.57. The Balaban J connectivity index is 2.06. The first-order valence-corrected chi connectivity index (χ1v) is 5.31. The van der Waals surface area contributed by atoms with Crippen molar-refractivity contribution in [1.82, 2.24) is 0 Å². The van der Waals surface area contributed by atoms with Crippen LogP contribution >= 0.6 is 11.8 Å². The lowest BCUT2D eigenvalue weighted by molar-refractivity contribution is 0.603. The number of hydrogen-bond donors (Lipinski definition) is 1. The maximum atomic E-state index is 5.79. The maximum Gasteiger partial charge on any atom is 0.00418 e. The van der Waals surface area contributed by atoms with Crippen LogP contribution < -0.4 is 5.73 Å². The maximum absolute atomic E-state index is 5.79. The van der Waals surface area contributed by atoms with E-state index in [4.69, 9.17) is 5.73 Å². The molecule has 1 fully saturated rings. The van der Waals surface area contributed by atoms with Crippen LogP contribution in [-0.4, -0.2) is 17.5 Å². The largest absolute Gasteiger partial charge is 0.328 e. The van der Waals surface area contributed by atoms with Crippen molar-refractivity contribution in [3.8, 4) is 0 Å². The molecule has 2 unspecified atom stereocenters. The molecule has 0 aromatic carbocycles. The van der Waals surface area contributed by atoms with Crippen LogP contribution in [-0.2, 0) is 0 Å². The van der Waals surface area contributed by atoms with Crippen LogP contribution in [0.2, 0.25) is 0 Å². The average molecular weight is 159 g/mol. The molecule has 10 heavy (non-hydrogen) atoms. The molecule has 0 saturated heterocycles. The summed E-state index contributed by atoms with van der Waals surface area (Å²) >= 11 is 2.05. The van der Waals surface area contributed by atoms with Crippen molar-refractivity contribution in [1.29, 1.82) is 0 Å². The van der Waals surface area contributed by atoms with Gasteiger partial charge in [0.15, 0.2) is 0 Å². The summed E-state index contributed by atoms with van der Waals surface area (Å²) in [6.07, 6.45) is 3.90. The molecule has 0 spiro atoms. The van der Waals surface area contributed by atoms with Gasteiger partial charge in [0.2, 0.25) is 0 Å². The zero-order valence-electron chi connectivity index (χ0n) is 6.68. The number of nitrogens with two attached hydrogens (primary N) is 1. The topological polar surface area (TPSA) is 26.0 Å². The van der Waals surface area contributed by atoms with E-state index < -0.39 is 0 Å². The van der Waals surface area contributed by atoms with Crippen molar-refractivity contribution in [2.24, 2.45) is 11.7 Å². The van der Waals surface area contributed by atoms with E-state index in [1.807, 2.05) is 0 Å². The van der Waals surface area contributed by atoms with Crippen molar-refractivity contribution in [2.45, 2.75) is 32.2 Å². The Labute approximate surface area is 67.8 Å². The second-order valence-corrected chi connectivity index (χ2v) is 4.42. The van der Waals surface area contributed by atoms with E-state index in [1.165, 1.54) is 30.8 Å². The highest BCUT2D eigenvalue weighted by molar-refractivity contribution is 7.99. The van der Waals surface area contributed by atoms with Gasteiger partial charge in [-0.3, -0.25) is 0 Å². The van der Waals surface area contributed by atoms with E-state index in [1.54, 1.807) is 0 Å². The van der Waals surface area contributed by atoms with Gasteiger partial charge < -0.3 is 5.73 Å². The van der Waals surface area contributed by atoms with Crippen molar-refractivity contribution in [2.75, 3.05) is 11.5 Å². The summed E-state index contributed by atoms with van der Waals surface area (Å²) in [6, 6.07) is 0.516. The Morgan fingerprint density at radius 3 is 2.80 bits per heavy atom. The third-order valence-electron chi connectivity index (χ3n) is 2.14. The standard InChI is InChI=1S/C8H17NS/c1-2-10-6-7-3-4-8(9)5-7/h7-8H,2-6,9H2,1H3. The van der Waals surface area contributed by atoms with Crippen LogP contribution in [0.5, 0.6) is 0 Å². The van der Waals surface area contributed by atoms with E-state index >= 15 is 0 Å². The first kappa shape index (κ1) is 8.41. The van der Waals surface area contributed by atoms with Crippen molar-refractivity contribution in [3.63, 3.8) is 0 Å². The van der Waals surface area contributed by atoms with Gasteiger partial charge in [0, 0.05) is 6.04 Å². The predicted octanol–water partition coefficient (Wildman–Crippen LogP) is 1.87. The molecule has 0 amide bonds. The molecular weight excluding hydrogens is 142 g/mol. The molecule has 0 radical (unpaired) electrons. The van der Waals surface area contributed by atoms with Crippen LogP contribution in [0.15, 0.2) is 0 Å². The van der Waals surface area contributed by atoms with Gasteiger partial charge in [-0.05, 0) is 36.7 Å². The van der Waals surface area contributed by atoms with Crippen molar-refractivity contribution >= 4 is 11.8 Å². The highest BCUT2D eigenvalue weighted by atomic mass is 32.2. The fourth-order valence-electron chi connectivity index (χ4n) is 1.55. The van der Waals surface area contributed by atoms with E-state index in [0.29, 0.717) is 6.04 Å². The summed E-state index contributed by atoms with van der Waals surface area (Å²) in [4.78, 5) is 0. The van der Waals surface area contributed by atoms with E-state index in [-0.39, 0.29) is 0 Å². The smallest absolute Gasteiger partial charge is 0.00418 e. The first-order chi connectivity index (χ1) is 4.83. The average Bonchev–Trinajstić information content (AvgIpc) is 2.31. The minimum Gasteiger partial charge on any atom is -0.328 e. The SMILES string of the molecule is CCSCC1CCC(N)C1. The molecule has 0 heterocycles. The molecule has 60 valence electrons. The van der Waals surface area contributed by atoms with E-state index in [0.717, 1.165) is 5.92 Å². The normalized spacial score (nSPS) is 33.0. The van der Waals surface area contributed by atoms with Crippen LogP contribution in [0.1, 0.15) is 26.2 Å². The molecule has 0 aromatic heterocycles. The van der Waals surface area contributed by atoms with Gasteiger partial charge in [-0.2, -0.15) is 11.8 Å². The fourth-order valence-corrected chi connectivity index (χ4v) is 2.42. The zero-order chi connectivity index (χ0) is 7.40. The Hall–Kier alpha value is 0.310. The molecule has 2 heteroatoms. The highest BCUT2D eigenvalue weighted by Gasteiger charge is 2.20. The highest BCUT2D eigenvalue weighted by Crippen LogP contribution is 2.26. The van der Waals surface area contributed by atoms with Crippen LogP contribution in [0.3, 0.4) is 0 Å². The monoisotopic (exact) mass is 159 g/mol.